The van der Waals surface area contributed by atoms with E-state index in [-0.39, 0.29) is 22.7 Å². The van der Waals surface area contributed by atoms with Crippen molar-refractivity contribution in [1.82, 2.24) is 10.2 Å². The number of hydrogen-bond acceptors (Lipinski definition) is 6. The van der Waals surface area contributed by atoms with Crippen LogP contribution in [-0.4, -0.2) is 41.0 Å². The molecule has 2 heterocycles. The van der Waals surface area contributed by atoms with Gasteiger partial charge in [-0.1, -0.05) is 72.8 Å². The number of ketones is 2. The van der Waals surface area contributed by atoms with Gasteiger partial charge >= 0.3 is 0 Å². The second kappa shape index (κ2) is 13.5. The number of benzene rings is 3. The van der Waals surface area contributed by atoms with Crippen molar-refractivity contribution in [3.63, 3.8) is 0 Å². The number of non-ortho nitro benzene ring substituents is 1. The number of Topliss-reactive ketones (excluding diaryl/α,β-unsaturated/α-hetero) is 2. The van der Waals surface area contributed by atoms with Crippen molar-refractivity contribution in [1.29, 1.82) is 0 Å². The molecule has 0 aromatic heterocycles. The Morgan fingerprint density at radius 2 is 1.45 bits per heavy atom. The van der Waals surface area contributed by atoms with Gasteiger partial charge in [-0.15, -0.1) is 0 Å². The smallest absolute Gasteiger partial charge is 0.269 e. The number of unbranched alkanes of at least 4 members (excludes halogenated alkanes) is 1. The molecule has 7 heteroatoms. The van der Waals surface area contributed by atoms with Crippen LogP contribution in [0.25, 0.3) is 0 Å². The van der Waals surface area contributed by atoms with Gasteiger partial charge in [-0.05, 0) is 89.2 Å². The van der Waals surface area contributed by atoms with Crippen molar-refractivity contribution in [2.45, 2.75) is 64.2 Å². The van der Waals surface area contributed by atoms with E-state index in [9.17, 15) is 19.7 Å². The summed E-state index contributed by atoms with van der Waals surface area (Å²) in [6.07, 6.45) is 4.64. The first-order valence-electron chi connectivity index (χ1n) is 15.5. The number of likely N-dealkylation sites (tertiary alicyclic amines) is 1. The van der Waals surface area contributed by atoms with Gasteiger partial charge in [0.05, 0.1) is 4.92 Å². The van der Waals surface area contributed by atoms with Gasteiger partial charge in [0.1, 0.15) is 0 Å². The number of nitro groups is 1. The minimum atomic E-state index is -0.632. The topological polar surface area (TPSA) is 92.6 Å². The lowest BCUT2D eigenvalue weighted by atomic mass is 9.68. The molecule has 228 valence electrons. The number of hydrogen-bond donors (Lipinski definition) is 1. The Kier molecular flexibility index (Phi) is 9.55. The average molecular weight is 592 g/mol. The van der Waals surface area contributed by atoms with Crippen LogP contribution in [0.15, 0.2) is 107 Å². The Bertz CT molecular complexity index is 1540. The fourth-order valence-corrected chi connectivity index (χ4v) is 7.18. The summed E-state index contributed by atoms with van der Waals surface area (Å²) in [7, 11) is 0. The fraction of sp³-hybridized carbons (Fsp3) is 0.351. The maximum atomic E-state index is 13.1. The predicted octanol–water partition coefficient (Wildman–Crippen LogP) is 7.24. The summed E-state index contributed by atoms with van der Waals surface area (Å²) < 4.78 is 0. The molecule has 2 aliphatic heterocycles. The van der Waals surface area contributed by atoms with Crippen LogP contribution in [0.4, 0.5) is 5.69 Å². The van der Waals surface area contributed by atoms with Crippen molar-refractivity contribution in [2.24, 2.45) is 0 Å². The predicted molar refractivity (Wildman–Crippen MR) is 173 cm³/mol. The second-order valence-corrected chi connectivity index (χ2v) is 12.1. The molecule has 0 spiro atoms. The van der Waals surface area contributed by atoms with Gasteiger partial charge < -0.3 is 10.2 Å². The number of piperidine rings is 1. The summed E-state index contributed by atoms with van der Waals surface area (Å²) in [4.78, 5) is 39.5. The van der Waals surface area contributed by atoms with Crippen LogP contribution in [0.3, 0.4) is 0 Å². The van der Waals surface area contributed by atoms with E-state index in [1.807, 2.05) is 6.92 Å². The molecule has 5 rings (SSSR count). The summed E-state index contributed by atoms with van der Waals surface area (Å²) in [5.74, 6) is -0.923. The van der Waals surface area contributed by atoms with Crippen LogP contribution >= 0.6 is 0 Å². The van der Waals surface area contributed by atoms with E-state index in [1.165, 1.54) is 37.1 Å². The highest BCUT2D eigenvalue weighted by atomic mass is 16.6. The molecule has 1 unspecified atom stereocenters. The van der Waals surface area contributed by atoms with Crippen molar-refractivity contribution >= 4 is 17.3 Å². The molecule has 7 nitrogen and oxygen atoms in total. The first-order chi connectivity index (χ1) is 21.2. The number of rotatable bonds is 11. The number of nitro benzene ring substituents is 1. The molecule has 0 amide bonds. The average Bonchev–Trinajstić information content (AvgIpc) is 3.03. The number of nitrogens with one attached hydrogen (secondary N) is 1. The van der Waals surface area contributed by atoms with Gasteiger partial charge in [-0.25, -0.2) is 0 Å². The van der Waals surface area contributed by atoms with Crippen molar-refractivity contribution in [3.05, 3.63) is 134 Å². The van der Waals surface area contributed by atoms with Crippen molar-refractivity contribution in [2.75, 3.05) is 19.6 Å². The SMILES string of the molecule is CC(=O)C1=C(C)NC(CCCCN2CCC(c3ccccc3)(c3ccccc3)CC2)=C(C(C)=O)C1c1cccc([N+](=O)[O-])c1. The van der Waals surface area contributed by atoms with Crippen LogP contribution in [0, 0.1) is 10.1 Å². The Morgan fingerprint density at radius 3 is 2.00 bits per heavy atom. The molecule has 3 aromatic rings. The largest absolute Gasteiger partial charge is 0.362 e. The van der Waals surface area contributed by atoms with Gasteiger partial charge in [0, 0.05) is 46.0 Å². The van der Waals surface area contributed by atoms with E-state index in [1.54, 1.807) is 12.1 Å². The van der Waals surface area contributed by atoms with Gasteiger partial charge in [0.2, 0.25) is 0 Å². The molecule has 0 radical (unpaired) electrons. The lowest BCUT2D eigenvalue weighted by Gasteiger charge is -2.43. The summed E-state index contributed by atoms with van der Waals surface area (Å²) in [6, 6.07) is 28.0. The van der Waals surface area contributed by atoms with Crippen LogP contribution in [-0.2, 0) is 15.0 Å². The molecular formula is C37H41N3O4. The Balaban J connectivity index is 1.28. The summed E-state index contributed by atoms with van der Waals surface area (Å²) in [5.41, 5.74) is 5.81. The molecule has 2 aliphatic rings. The Labute approximate surface area is 259 Å². The third-order valence-electron chi connectivity index (χ3n) is 9.33. The van der Waals surface area contributed by atoms with Crippen LogP contribution in [0.2, 0.25) is 0 Å². The zero-order valence-electron chi connectivity index (χ0n) is 25.8. The van der Waals surface area contributed by atoms with Gasteiger partial charge in [-0.3, -0.25) is 19.7 Å². The maximum Gasteiger partial charge on any atom is 0.269 e. The highest BCUT2D eigenvalue weighted by molar-refractivity contribution is 6.03. The quantitative estimate of drug-likeness (QED) is 0.144. The minimum Gasteiger partial charge on any atom is -0.362 e. The van der Waals surface area contributed by atoms with Crippen molar-refractivity contribution in [3.8, 4) is 0 Å². The molecule has 1 saturated heterocycles. The monoisotopic (exact) mass is 591 g/mol. The van der Waals surface area contributed by atoms with E-state index in [4.69, 9.17) is 0 Å². The number of carbonyl (C=O) groups excluding carboxylic acids is 2. The number of dihydropyridines is 1. The fourth-order valence-electron chi connectivity index (χ4n) is 7.18. The zero-order chi connectivity index (χ0) is 31.3. The first kappa shape index (κ1) is 31.1. The first-order valence-corrected chi connectivity index (χ1v) is 15.5. The van der Waals surface area contributed by atoms with E-state index in [2.05, 4.69) is 70.9 Å². The zero-order valence-corrected chi connectivity index (χ0v) is 25.8. The lowest BCUT2D eigenvalue weighted by molar-refractivity contribution is -0.384. The second-order valence-electron chi connectivity index (χ2n) is 12.1. The highest BCUT2D eigenvalue weighted by Gasteiger charge is 2.38. The third kappa shape index (κ3) is 6.43. The third-order valence-corrected chi connectivity index (χ3v) is 9.33. The Morgan fingerprint density at radius 1 is 0.864 bits per heavy atom. The lowest BCUT2D eigenvalue weighted by Crippen LogP contribution is -2.43. The van der Waals surface area contributed by atoms with Crippen LogP contribution < -0.4 is 5.32 Å². The molecule has 44 heavy (non-hydrogen) atoms. The molecule has 0 aliphatic carbocycles. The van der Waals surface area contributed by atoms with Crippen LogP contribution in [0.1, 0.15) is 75.5 Å². The number of nitrogens with zero attached hydrogens (tertiary/aromatic N) is 2. The number of carbonyl (C=O) groups is 2. The molecule has 1 N–H and O–H groups in total. The van der Waals surface area contributed by atoms with Gasteiger partial charge in [0.25, 0.3) is 5.69 Å². The summed E-state index contributed by atoms with van der Waals surface area (Å²) in [6.45, 7) is 7.85. The number of allylic oxidation sites excluding steroid dienone is 4. The minimum absolute atomic E-state index is 0.0199. The molecule has 3 aromatic carbocycles. The molecule has 1 fully saturated rings. The van der Waals surface area contributed by atoms with Gasteiger partial charge in [-0.2, -0.15) is 0 Å². The van der Waals surface area contributed by atoms with Crippen LogP contribution in [0.5, 0.6) is 0 Å². The molecule has 0 bridgehead atoms. The summed E-state index contributed by atoms with van der Waals surface area (Å²) >= 11 is 0. The standard InChI is InChI=1S/C37H41N3O4/c1-26-34(27(2)41)36(29-13-12-18-32(25-29)40(43)44)35(28(3)42)33(38-26)19-10-11-22-39-23-20-37(21-24-39,30-14-6-4-7-15-30)31-16-8-5-9-17-31/h4-9,12-18,25,36,38H,10-11,19-24H2,1-3H3. The maximum absolute atomic E-state index is 13.1. The van der Waals surface area contributed by atoms with E-state index < -0.39 is 10.8 Å². The molecule has 1 atom stereocenters. The van der Waals surface area contributed by atoms with E-state index in [0.717, 1.165) is 51.0 Å². The summed E-state index contributed by atoms with van der Waals surface area (Å²) in [5, 5.41) is 14.9. The van der Waals surface area contributed by atoms with Gasteiger partial charge in [0.15, 0.2) is 11.6 Å². The van der Waals surface area contributed by atoms with Crippen molar-refractivity contribution < 1.29 is 14.5 Å². The normalized spacial score (nSPS) is 18.6. The highest BCUT2D eigenvalue weighted by Crippen LogP contribution is 2.43. The molecule has 0 saturated carbocycles. The van der Waals surface area contributed by atoms with E-state index in [0.29, 0.717) is 28.8 Å². The Hall–Kier alpha value is -4.36. The van der Waals surface area contributed by atoms with E-state index >= 15 is 0 Å². The molecular weight excluding hydrogens is 550 g/mol.